The van der Waals surface area contributed by atoms with Crippen LogP contribution in [0.25, 0.3) is 0 Å². The van der Waals surface area contributed by atoms with E-state index in [0.29, 0.717) is 0 Å². The first-order valence-electron chi connectivity index (χ1n) is 5.43. The SMILES string of the molecule is Nc1ccc(F)c(F)c1NN1CCCCC1. The molecule has 1 aromatic carbocycles. The fraction of sp³-hybridized carbons (Fsp3) is 0.455. The van der Waals surface area contributed by atoms with Gasteiger partial charge in [-0.05, 0) is 25.0 Å². The molecule has 0 unspecified atom stereocenters. The van der Waals surface area contributed by atoms with E-state index in [1.165, 1.54) is 12.5 Å². The van der Waals surface area contributed by atoms with Crippen LogP contribution in [0.1, 0.15) is 19.3 Å². The van der Waals surface area contributed by atoms with Gasteiger partial charge in [0, 0.05) is 13.1 Å². The highest BCUT2D eigenvalue weighted by Crippen LogP contribution is 2.25. The Labute approximate surface area is 93.2 Å². The zero-order valence-electron chi connectivity index (χ0n) is 8.97. The normalized spacial score (nSPS) is 17.4. The third kappa shape index (κ3) is 2.24. The summed E-state index contributed by atoms with van der Waals surface area (Å²) in [5.41, 5.74) is 8.73. The van der Waals surface area contributed by atoms with Crippen molar-refractivity contribution in [1.29, 1.82) is 0 Å². The van der Waals surface area contributed by atoms with E-state index in [-0.39, 0.29) is 11.4 Å². The maximum absolute atomic E-state index is 13.5. The summed E-state index contributed by atoms with van der Waals surface area (Å²) in [6.45, 7) is 1.66. The summed E-state index contributed by atoms with van der Waals surface area (Å²) in [6, 6.07) is 2.40. The van der Waals surface area contributed by atoms with Crippen molar-refractivity contribution in [3.8, 4) is 0 Å². The van der Waals surface area contributed by atoms with Crippen LogP contribution >= 0.6 is 0 Å². The molecule has 1 saturated heterocycles. The molecule has 0 bridgehead atoms. The van der Waals surface area contributed by atoms with Gasteiger partial charge in [0.2, 0.25) is 0 Å². The Bertz CT molecular complexity index is 376. The van der Waals surface area contributed by atoms with E-state index in [4.69, 9.17) is 5.73 Å². The zero-order chi connectivity index (χ0) is 11.5. The molecule has 1 fully saturated rings. The molecule has 0 saturated carbocycles. The van der Waals surface area contributed by atoms with Crippen molar-refractivity contribution in [2.24, 2.45) is 0 Å². The van der Waals surface area contributed by atoms with E-state index < -0.39 is 11.6 Å². The molecule has 5 heteroatoms. The number of hydrogen-bond donors (Lipinski definition) is 2. The second-order valence-electron chi connectivity index (χ2n) is 3.99. The van der Waals surface area contributed by atoms with Gasteiger partial charge in [-0.25, -0.2) is 13.8 Å². The van der Waals surface area contributed by atoms with Crippen molar-refractivity contribution in [3.63, 3.8) is 0 Å². The van der Waals surface area contributed by atoms with Crippen LogP contribution in [-0.2, 0) is 0 Å². The third-order valence-electron chi connectivity index (χ3n) is 2.75. The lowest BCUT2D eigenvalue weighted by atomic mass is 10.2. The quantitative estimate of drug-likeness (QED) is 0.762. The van der Waals surface area contributed by atoms with Gasteiger partial charge in [0.25, 0.3) is 0 Å². The van der Waals surface area contributed by atoms with Gasteiger partial charge < -0.3 is 11.2 Å². The highest BCUT2D eigenvalue weighted by molar-refractivity contribution is 5.66. The monoisotopic (exact) mass is 227 g/mol. The highest BCUT2D eigenvalue weighted by Gasteiger charge is 2.16. The number of piperidine rings is 1. The van der Waals surface area contributed by atoms with Gasteiger partial charge in [0.1, 0.15) is 5.69 Å². The van der Waals surface area contributed by atoms with Gasteiger partial charge in [-0.15, -0.1) is 0 Å². The molecule has 0 aliphatic carbocycles. The Kier molecular flexibility index (Phi) is 3.24. The summed E-state index contributed by atoms with van der Waals surface area (Å²) in [6.07, 6.45) is 3.30. The van der Waals surface area contributed by atoms with Crippen LogP contribution in [0.5, 0.6) is 0 Å². The zero-order valence-corrected chi connectivity index (χ0v) is 8.97. The number of anilines is 2. The Morgan fingerprint density at radius 3 is 2.50 bits per heavy atom. The van der Waals surface area contributed by atoms with Gasteiger partial charge >= 0.3 is 0 Å². The molecule has 1 heterocycles. The van der Waals surface area contributed by atoms with E-state index in [2.05, 4.69) is 5.43 Å². The summed E-state index contributed by atoms with van der Waals surface area (Å²) in [7, 11) is 0. The summed E-state index contributed by atoms with van der Waals surface area (Å²) in [4.78, 5) is 0. The lowest BCUT2D eigenvalue weighted by Crippen LogP contribution is -2.35. The van der Waals surface area contributed by atoms with Crippen LogP contribution in [0, 0.1) is 11.6 Å². The number of nitrogens with two attached hydrogens (primary N) is 1. The summed E-state index contributed by atoms with van der Waals surface area (Å²) < 4.78 is 26.5. The average molecular weight is 227 g/mol. The molecule has 0 atom stereocenters. The maximum atomic E-state index is 13.5. The Balaban J connectivity index is 2.16. The summed E-state index contributed by atoms with van der Waals surface area (Å²) in [5.74, 6) is -1.79. The van der Waals surface area contributed by atoms with Gasteiger partial charge in [-0.3, -0.25) is 0 Å². The molecule has 0 amide bonds. The fourth-order valence-electron chi connectivity index (χ4n) is 1.84. The molecule has 1 aliphatic rings. The molecule has 1 aromatic rings. The van der Waals surface area contributed by atoms with Crippen molar-refractivity contribution in [2.45, 2.75) is 19.3 Å². The Hall–Kier alpha value is -1.36. The minimum absolute atomic E-state index is 0.0434. The predicted molar refractivity (Wildman–Crippen MR) is 59.8 cm³/mol. The molecule has 3 N–H and O–H groups in total. The van der Waals surface area contributed by atoms with E-state index >= 15 is 0 Å². The number of benzene rings is 1. The number of nitrogen functional groups attached to an aromatic ring is 1. The highest BCUT2D eigenvalue weighted by atomic mass is 19.2. The van der Waals surface area contributed by atoms with Crippen LogP contribution in [0.2, 0.25) is 0 Å². The van der Waals surface area contributed by atoms with Gasteiger partial charge in [0.15, 0.2) is 11.6 Å². The minimum Gasteiger partial charge on any atom is -0.397 e. The first-order chi connectivity index (χ1) is 7.68. The molecule has 0 spiro atoms. The number of nitrogens with one attached hydrogen (secondary N) is 1. The number of nitrogens with zero attached hydrogens (tertiary/aromatic N) is 1. The van der Waals surface area contributed by atoms with Crippen molar-refractivity contribution >= 4 is 11.4 Å². The van der Waals surface area contributed by atoms with Crippen LogP contribution in [0.15, 0.2) is 12.1 Å². The van der Waals surface area contributed by atoms with Crippen molar-refractivity contribution in [2.75, 3.05) is 24.2 Å². The standard InChI is InChI=1S/C11H15F2N3/c12-8-4-5-9(14)11(10(8)13)15-16-6-2-1-3-7-16/h4-5,15H,1-3,6-7,14H2. The first kappa shape index (κ1) is 11.1. The fourth-order valence-corrected chi connectivity index (χ4v) is 1.84. The molecular formula is C11H15F2N3. The number of hydrazine groups is 1. The Morgan fingerprint density at radius 2 is 1.81 bits per heavy atom. The van der Waals surface area contributed by atoms with Crippen LogP contribution in [-0.4, -0.2) is 18.1 Å². The summed E-state index contributed by atoms with van der Waals surface area (Å²) >= 11 is 0. The largest absolute Gasteiger partial charge is 0.397 e. The van der Waals surface area contributed by atoms with Crippen molar-refractivity contribution in [3.05, 3.63) is 23.8 Å². The lowest BCUT2D eigenvalue weighted by molar-refractivity contribution is 0.271. The van der Waals surface area contributed by atoms with Crippen molar-refractivity contribution < 1.29 is 8.78 Å². The molecular weight excluding hydrogens is 212 g/mol. The smallest absolute Gasteiger partial charge is 0.185 e. The van der Waals surface area contributed by atoms with Crippen LogP contribution in [0.4, 0.5) is 20.2 Å². The van der Waals surface area contributed by atoms with Gasteiger partial charge in [-0.2, -0.15) is 0 Å². The van der Waals surface area contributed by atoms with Gasteiger partial charge in [-0.1, -0.05) is 6.42 Å². The van der Waals surface area contributed by atoms with E-state index in [0.717, 1.165) is 32.0 Å². The van der Waals surface area contributed by atoms with E-state index in [9.17, 15) is 8.78 Å². The van der Waals surface area contributed by atoms with E-state index in [1.54, 1.807) is 0 Å². The number of hydrogen-bond acceptors (Lipinski definition) is 3. The second-order valence-corrected chi connectivity index (χ2v) is 3.99. The van der Waals surface area contributed by atoms with Crippen molar-refractivity contribution in [1.82, 2.24) is 5.01 Å². The molecule has 88 valence electrons. The van der Waals surface area contributed by atoms with Gasteiger partial charge in [0.05, 0.1) is 5.69 Å². The maximum Gasteiger partial charge on any atom is 0.185 e. The lowest BCUT2D eigenvalue weighted by Gasteiger charge is -2.28. The Morgan fingerprint density at radius 1 is 1.12 bits per heavy atom. The topological polar surface area (TPSA) is 41.3 Å². The number of rotatable bonds is 2. The average Bonchev–Trinajstić information content (AvgIpc) is 2.31. The molecule has 0 aromatic heterocycles. The second kappa shape index (κ2) is 4.65. The first-order valence-corrected chi connectivity index (χ1v) is 5.43. The van der Waals surface area contributed by atoms with Crippen LogP contribution < -0.4 is 11.2 Å². The predicted octanol–water partition coefficient (Wildman–Crippen LogP) is 2.36. The minimum atomic E-state index is -0.912. The molecule has 0 radical (unpaired) electrons. The van der Waals surface area contributed by atoms with E-state index in [1.807, 2.05) is 5.01 Å². The molecule has 1 aliphatic heterocycles. The van der Waals surface area contributed by atoms with Crippen LogP contribution in [0.3, 0.4) is 0 Å². The molecule has 16 heavy (non-hydrogen) atoms. The summed E-state index contributed by atoms with van der Waals surface area (Å²) in [5, 5.41) is 1.87. The molecule has 3 nitrogen and oxygen atoms in total. The number of halogens is 2. The third-order valence-corrected chi connectivity index (χ3v) is 2.75. The molecule has 2 rings (SSSR count).